The van der Waals surface area contributed by atoms with E-state index in [2.05, 4.69) is 37.7 Å². The molecule has 0 saturated heterocycles. The summed E-state index contributed by atoms with van der Waals surface area (Å²) in [7, 11) is 1.57. The summed E-state index contributed by atoms with van der Waals surface area (Å²) in [4.78, 5) is 34.0. The number of anilines is 1. The maximum Gasteiger partial charge on any atom is 0.332 e. The molecule has 0 aromatic carbocycles. The average Bonchev–Trinajstić information content (AvgIpc) is 2.93. The molecule has 0 aliphatic rings. The highest BCUT2D eigenvalue weighted by molar-refractivity contribution is 9.10. The van der Waals surface area contributed by atoms with Crippen LogP contribution in [0.15, 0.2) is 32.7 Å². The van der Waals surface area contributed by atoms with Crippen LogP contribution in [0.1, 0.15) is 12.6 Å². The highest BCUT2D eigenvalue weighted by atomic mass is 79.9. The van der Waals surface area contributed by atoms with E-state index in [9.17, 15) is 9.59 Å². The van der Waals surface area contributed by atoms with Crippen molar-refractivity contribution in [3.63, 3.8) is 0 Å². The Labute approximate surface area is 151 Å². The molecule has 0 aliphatic carbocycles. The number of nitrogens with zero attached hydrogens (tertiary/aromatic N) is 5. The molecule has 0 unspecified atom stereocenters. The van der Waals surface area contributed by atoms with Gasteiger partial charge in [0.05, 0.1) is 24.5 Å². The number of fused-ring (bicyclic) bond motifs is 1. The van der Waals surface area contributed by atoms with Gasteiger partial charge in [0.1, 0.15) is 0 Å². The van der Waals surface area contributed by atoms with Crippen molar-refractivity contribution >= 4 is 32.8 Å². The van der Waals surface area contributed by atoms with Crippen molar-refractivity contribution < 1.29 is 0 Å². The van der Waals surface area contributed by atoms with Crippen LogP contribution in [-0.2, 0) is 20.1 Å². The zero-order valence-corrected chi connectivity index (χ0v) is 15.2. The first kappa shape index (κ1) is 17.0. The normalized spacial score (nSPS) is 10.7. The first-order chi connectivity index (χ1) is 12.0. The molecule has 0 atom stereocenters. The van der Waals surface area contributed by atoms with Gasteiger partial charge in [-0.05, 0) is 35.0 Å². The summed E-state index contributed by atoms with van der Waals surface area (Å²) in [5, 5.41) is 0. The van der Waals surface area contributed by atoms with Crippen molar-refractivity contribution in [2.75, 3.05) is 5.73 Å². The minimum Gasteiger partial charge on any atom is -0.397 e. The molecule has 2 N–H and O–H groups in total. The number of rotatable bonds is 3. The quantitative estimate of drug-likeness (QED) is 0.513. The number of nitrogen functional groups attached to an aromatic ring is 1. The first-order valence-corrected chi connectivity index (χ1v) is 8.19. The second kappa shape index (κ2) is 6.57. The van der Waals surface area contributed by atoms with Crippen molar-refractivity contribution in [1.82, 2.24) is 23.7 Å². The van der Waals surface area contributed by atoms with Crippen molar-refractivity contribution in [3.05, 3.63) is 49.6 Å². The molecule has 128 valence electrons. The van der Waals surface area contributed by atoms with Crippen LogP contribution in [0.25, 0.3) is 11.2 Å². The molecule has 8 nitrogen and oxygen atoms in total. The van der Waals surface area contributed by atoms with Gasteiger partial charge in [-0.15, -0.1) is 5.92 Å². The van der Waals surface area contributed by atoms with Crippen molar-refractivity contribution in [2.24, 2.45) is 7.05 Å². The average molecular weight is 403 g/mol. The number of aryl methyl sites for hydroxylation is 1. The van der Waals surface area contributed by atoms with Gasteiger partial charge in [-0.1, -0.05) is 5.92 Å². The van der Waals surface area contributed by atoms with Gasteiger partial charge >= 0.3 is 5.69 Å². The van der Waals surface area contributed by atoms with Crippen molar-refractivity contribution in [1.29, 1.82) is 0 Å². The summed E-state index contributed by atoms with van der Waals surface area (Å²) in [5.74, 6) is 5.68. The molecule has 0 saturated carbocycles. The van der Waals surface area contributed by atoms with Gasteiger partial charge in [-0.2, -0.15) is 0 Å². The van der Waals surface area contributed by atoms with Crippen LogP contribution in [0.5, 0.6) is 0 Å². The number of imidazole rings is 1. The van der Waals surface area contributed by atoms with Crippen LogP contribution < -0.4 is 17.0 Å². The van der Waals surface area contributed by atoms with Gasteiger partial charge in [0, 0.05) is 13.2 Å². The summed E-state index contributed by atoms with van der Waals surface area (Å²) >= 11 is 3.32. The van der Waals surface area contributed by atoms with Crippen LogP contribution in [0.3, 0.4) is 0 Å². The standard InChI is InChI=1S/C16H15BrN6O2/c1-3-4-8-22-12-13(20-15(22)17)21(2)16(25)23(14(12)24)9-11-10(18)6-5-7-19-11/h5-7H,8-9,18H2,1-2H3. The topological polar surface area (TPSA) is 101 Å². The monoisotopic (exact) mass is 402 g/mol. The lowest BCUT2D eigenvalue weighted by Crippen LogP contribution is -2.40. The van der Waals surface area contributed by atoms with Gasteiger partial charge in [-0.3, -0.25) is 18.9 Å². The molecule has 0 spiro atoms. The summed E-state index contributed by atoms with van der Waals surface area (Å²) < 4.78 is 4.50. The molecule has 3 aromatic heterocycles. The molecule has 3 aromatic rings. The second-order valence-corrected chi connectivity index (χ2v) is 6.05. The minimum atomic E-state index is -0.485. The Morgan fingerprint density at radius 2 is 2.08 bits per heavy atom. The Hall–Kier alpha value is -2.86. The lowest BCUT2D eigenvalue weighted by molar-refractivity contribution is 0.645. The highest BCUT2D eigenvalue weighted by Crippen LogP contribution is 2.16. The molecule has 0 radical (unpaired) electrons. The molecule has 25 heavy (non-hydrogen) atoms. The van der Waals surface area contributed by atoms with E-state index >= 15 is 0 Å². The summed E-state index contributed by atoms with van der Waals surface area (Å²) in [6.45, 7) is 1.98. The molecular formula is C16H15BrN6O2. The smallest absolute Gasteiger partial charge is 0.332 e. The van der Waals surface area contributed by atoms with Gasteiger partial charge in [0.15, 0.2) is 15.9 Å². The van der Waals surface area contributed by atoms with Crippen LogP contribution >= 0.6 is 15.9 Å². The zero-order chi connectivity index (χ0) is 18.1. The third-order valence-corrected chi connectivity index (χ3v) is 4.44. The Kier molecular flexibility index (Phi) is 4.46. The molecule has 3 rings (SSSR count). The third-order valence-electron chi connectivity index (χ3n) is 3.83. The molecule has 0 amide bonds. The van der Waals surface area contributed by atoms with Gasteiger partial charge in [-0.25, -0.2) is 9.78 Å². The molecule has 9 heteroatoms. The van der Waals surface area contributed by atoms with Gasteiger partial charge in [0.2, 0.25) is 0 Å². The molecule has 0 bridgehead atoms. The van der Waals surface area contributed by atoms with Crippen molar-refractivity contribution in [2.45, 2.75) is 20.0 Å². The largest absolute Gasteiger partial charge is 0.397 e. The predicted octanol–water partition coefficient (Wildman–Crippen LogP) is 0.708. The van der Waals surface area contributed by atoms with E-state index in [0.717, 1.165) is 4.57 Å². The Morgan fingerprint density at radius 1 is 1.32 bits per heavy atom. The Bertz CT molecular complexity index is 1150. The fraction of sp³-hybridized carbons (Fsp3) is 0.250. The Balaban J connectivity index is 2.29. The van der Waals surface area contributed by atoms with Crippen LogP contribution in [0.2, 0.25) is 0 Å². The number of hydrogen-bond donors (Lipinski definition) is 1. The lowest BCUT2D eigenvalue weighted by Gasteiger charge is -2.10. The number of nitrogens with two attached hydrogens (primary N) is 1. The lowest BCUT2D eigenvalue weighted by atomic mass is 10.3. The number of hydrogen-bond acceptors (Lipinski definition) is 5. The summed E-state index contributed by atoms with van der Waals surface area (Å²) in [5.41, 5.74) is 6.42. The van der Waals surface area contributed by atoms with E-state index in [1.54, 1.807) is 36.9 Å². The van der Waals surface area contributed by atoms with E-state index in [0.29, 0.717) is 27.3 Å². The van der Waals surface area contributed by atoms with Crippen LogP contribution in [-0.4, -0.2) is 23.7 Å². The third kappa shape index (κ3) is 2.85. The van der Waals surface area contributed by atoms with E-state index in [1.165, 1.54) is 4.57 Å². The van der Waals surface area contributed by atoms with Crippen molar-refractivity contribution in [3.8, 4) is 11.8 Å². The predicted molar refractivity (Wildman–Crippen MR) is 98.1 cm³/mol. The van der Waals surface area contributed by atoms with E-state index in [4.69, 9.17) is 5.73 Å². The van der Waals surface area contributed by atoms with E-state index < -0.39 is 11.2 Å². The van der Waals surface area contributed by atoms with Crippen LogP contribution in [0, 0.1) is 11.8 Å². The fourth-order valence-electron chi connectivity index (χ4n) is 2.52. The van der Waals surface area contributed by atoms with Crippen LogP contribution in [0.4, 0.5) is 5.69 Å². The molecular weight excluding hydrogens is 388 g/mol. The van der Waals surface area contributed by atoms with Gasteiger partial charge < -0.3 is 10.3 Å². The Morgan fingerprint density at radius 3 is 2.76 bits per heavy atom. The minimum absolute atomic E-state index is 0.0175. The summed E-state index contributed by atoms with van der Waals surface area (Å²) in [6.07, 6.45) is 1.57. The SMILES string of the molecule is CC#CCn1c(Br)nc2c1c(=O)n(Cc1ncccc1N)c(=O)n2C. The number of pyridine rings is 1. The summed E-state index contributed by atoms with van der Waals surface area (Å²) in [6, 6.07) is 3.37. The maximum absolute atomic E-state index is 13.0. The maximum atomic E-state index is 13.0. The molecule has 0 fully saturated rings. The molecule has 3 heterocycles. The van der Waals surface area contributed by atoms with E-state index in [1.807, 2.05) is 0 Å². The number of halogens is 1. The number of aromatic nitrogens is 5. The molecule has 0 aliphatic heterocycles. The fourth-order valence-corrected chi connectivity index (χ4v) is 2.99. The zero-order valence-electron chi connectivity index (χ0n) is 13.7. The highest BCUT2D eigenvalue weighted by Gasteiger charge is 2.19. The first-order valence-electron chi connectivity index (χ1n) is 7.40. The van der Waals surface area contributed by atoms with Gasteiger partial charge in [0.25, 0.3) is 5.56 Å². The second-order valence-electron chi connectivity index (χ2n) is 5.34. The van der Waals surface area contributed by atoms with E-state index in [-0.39, 0.29) is 13.1 Å².